The van der Waals surface area contributed by atoms with Crippen molar-refractivity contribution in [3.05, 3.63) is 42.5 Å². The van der Waals surface area contributed by atoms with Crippen molar-refractivity contribution in [1.82, 2.24) is 19.8 Å². The molecule has 1 aromatic carbocycles. The Morgan fingerprint density at radius 3 is 3.04 bits per heavy atom. The number of piperazine rings is 1. The lowest BCUT2D eigenvalue weighted by atomic mass is 10.1. The van der Waals surface area contributed by atoms with Gasteiger partial charge in [-0.1, -0.05) is 12.1 Å². The fourth-order valence-electron chi connectivity index (χ4n) is 3.68. The summed E-state index contributed by atoms with van der Waals surface area (Å²) >= 11 is 0. The molecule has 1 unspecified atom stereocenters. The number of imidazole rings is 1. The van der Waals surface area contributed by atoms with E-state index in [0.29, 0.717) is 25.4 Å². The molecular weight excluding hydrogens is 346 g/mol. The Labute approximate surface area is 157 Å². The molecule has 0 saturated carbocycles. The molecule has 1 atom stereocenters. The highest BCUT2D eigenvalue weighted by molar-refractivity contribution is 5.98. The van der Waals surface area contributed by atoms with Crippen LogP contribution in [0.3, 0.4) is 0 Å². The molecular formula is C19H23N5O3. The van der Waals surface area contributed by atoms with E-state index in [9.17, 15) is 9.59 Å². The number of aromatic nitrogens is 2. The maximum Gasteiger partial charge on any atom is 0.265 e. The molecule has 3 heterocycles. The zero-order valence-electron chi connectivity index (χ0n) is 15.3. The largest absolute Gasteiger partial charge is 0.482 e. The summed E-state index contributed by atoms with van der Waals surface area (Å²) in [6.45, 7) is 2.41. The van der Waals surface area contributed by atoms with Gasteiger partial charge in [-0.25, -0.2) is 4.98 Å². The van der Waals surface area contributed by atoms with E-state index in [2.05, 4.69) is 10.3 Å². The van der Waals surface area contributed by atoms with Crippen LogP contribution in [0.5, 0.6) is 5.75 Å². The van der Waals surface area contributed by atoms with E-state index >= 15 is 0 Å². The van der Waals surface area contributed by atoms with Crippen molar-refractivity contribution in [3.63, 3.8) is 0 Å². The summed E-state index contributed by atoms with van der Waals surface area (Å²) in [6, 6.07) is 7.32. The maximum atomic E-state index is 13.0. The number of hydrogen-bond donors (Lipinski definition) is 1. The molecule has 0 spiro atoms. The standard InChI is InChI=1S/C19H23N5O3/c1-22-10-8-21-19(22)15-12-20-7-11-24(15)17(25)6-9-23-14-4-2-3-5-16(14)27-13-18(23)26/h2-5,8,10,15,20H,6-7,9,11-13H2,1H3. The second-order valence-corrected chi connectivity index (χ2v) is 6.76. The molecule has 1 saturated heterocycles. The molecule has 1 aromatic heterocycles. The smallest absolute Gasteiger partial charge is 0.265 e. The Morgan fingerprint density at radius 1 is 1.37 bits per heavy atom. The zero-order chi connectivity index (χ0) is 18.8. The number of carbonyl (C=O) groups is 2. The number of para-hydroxylation sites is 2. The van der Waals surface area contributed by atoms with Crippen LogP contribution in [0, 0.1) is 0 Å². The van der Waals surface area contributed by atoms with Gasteiger partial charge in [0.05, 0.1) is 5.69 Å². The first kappa shape index (κ1) is 17.5. The number of anilines is 1. The Balaban J connectivity index is 1.47. The Morgan fingerprint density at radius 2 is 2.22 bits per heavy atom. The van der Waals surface area contributed by atoms with E-state index in [1.807, 2.05) is 47.0 Å². The summed E-state index contributed by atoms with van der Waals surface area (Å²) in [5.41, 5.74) is 0.725. The summed E-state index contributed by atoms with van der Waals surface area (Å²) in [4.78, 5) is 33.2. The van der Waals surface area contributed by atoms with Crippen LogP contribution in [0.25, 0.3) is 0 Å². The van der Waals surface area contributed by atoms with Crippen molar-refractivity contribution in [2.24, 2.45) is 7.05 Å². The molecule has 0 radical (unpaired) electrons. The molecule has 1 fully saturated rings. The topological polar surface area (TPSA) is 79.7 Å². The molecule has 2 aliphatic heterocycles. The number of nitrogens with one attached hydrogen (secondary N) is 1. The van der Waals surface area contributed by atoms with Crippen LogP contribution in [-0.2, 0) is 16.6 Å². The molecule has 27 heavy (non-hydrogen) atoms. The van der Waals surface area contributed by atoms with Gasteiger partial charge >= 0.3 is 0 Å². The summed E-state index contributed by atoms with van der Waals surface area (Å²) in [5, 5.41) is 3.33. The molecule has 1 N–H and O–H groups in total. The first-order valence-electron chi connectivity index (χ1n) is 9.15. The Bertz CT molecular complexity index is 849. The van der Waals surface area contributed by atoms with E-state index in [4.69, 9.17) is 4.74 Å². The minimum atomic E-state index is -0.123. The van der Waals surface area contributed by atoms with Crippen LogP contribution in [-0.4, -0.2) is 59.1 Å². The van der Waals surface area contributed by atoms with Gasteiger partial charge in [0.25, 0.3) is 5.91 Å². The number of benzene rings is 1. The first-order chi connectivity index (χ1) is 13.1. The van der Waals surface area contributed by atoms with Gasteiger partial charge in [0, 0.05) is 52.0 Å². The normalized spacial score (nSPS) is 19.6. The minimum Gasteiger partial charge on any atom is -0.482 e. The SMILES string of the molecule is Cn1ccnc1C1CNCCN1C(=O)CCN1C(=O)COc2ccccc21. The molecule has 142 valence electrons. The molecule has 8 heteroatoms. The third kappa shape index (κ3) is 3.40. The van der Waals surface area contributed by atoms with Crippen molar-refractivity contribution in [2.45, 2.75) is 12.5 Å². The number of ether oxygens (including phenoxy) is 1. The van der Waals surface area contributed by atoms with Crippen molar-refractivity contribution >= 4 is 17.5 Å². The summed E-state index contributed by atoms with van der Waals surface area (Å²) in [6.07, 6.45) is 3.90. The number of fused-ring (bicyclic) bond motifs is 1. The highest BCUT2D eigenvalue weighted by atomic mass is 16.5. The summed E-state index contributed by atoms with van der Waals surface area (Å²) in [7, 11) is 1.93. The van der Waals surface area contributed by atoms with E-state index < -0.39 is 0 Å². The Hall–Kier alpha value is -2.87. The zero-order valence-corrected chi connectivity index (χ0v) is 15.3. The van der Waals surface area contributed by atoms with Gasteiger partial charge in [0.15, 0.2) is 6.61 Å². The fourth-order valence-corrected chi connectivity index (χ4v) is 3.68. The van der Waals surface area contributed by atoms with Crippen molar-refractivity contribution in [2.75, 3.05) is 37.7 Å². The number of amides is 2. The molecule has 2 aromatic rings. The molecule has 2 aliphatic rings. The van der Waals surface area contributed by atoms with Crippen LogP contribution in [0.2, 0.25) is 0 Å². The average molecular weight is 369 g/mol. The number of rotatable bonds is 4. The minimum absolute atomic E-state index is 0.00866. The highest BCUT2D eigenvalue weighted by Crippen LogP contribution is 2.31. The quantitative estimate of drug-likeness (QED) is 0.859. The van der Waals surface area contributed by atoms with Crippen molar-refractivity contribution in [3.8, 4) is 5.75 Å². The second kappa shape index (κ2) is 7.40. The van der Waals surface area contributed by atoms with Gasteiger partial charge in [0.2, 0.25) is 5.91 Å². The van der Waals surface area contributed by atoms with E-state index in [0.717, 1.165) is 18.1 Å². The van der Waals surface area contributed by atoms with Crippen LogP contribution < -0.4 is 15.0 Å². The predicted octanol–water partition coefficient (Wildman–Crippen LogP) is 0.709. The van der Waals surface area contributed by atoms with Crippen LogP contribution >= 0.6 is 0 Å². The number of hydrogen-bond acceptors (Lipinski definition) is 5. The van der Waals surface area contributed by atoms with Crippen molar-refractivity contribution < 1.29 is 14.3 Å². The average Bonchev–Trinajstić information content (AvgIpc) is 3.12. The maximum absolute atomic E-state index is 13.0. The van der Waals surface area contributed by atoms with Gasteiger partial charge in [0.1, 0.15) is 17.6 Å². The first-order valence-corrected chi connectivity index (χ1v) is 9.15. The van der Waals surface area contributed by atoms with Crippen molar-refractivity contribution in [1.29, 1.82) is 0 Å². The lowest BCUT2D eigenvalue weighted by molar-refractivity contribution is -0.134. The highest BCUT2D eigenvalue weighted by Gasteiger charge is 2.31. The molecule has 0 aliphatic carbocycles. The van der Waals surface area contributed by atoms with E-state index in [1.165, 1.54) is 0 Å². The van der Waals surface area contributed by atoms with Gasteiger partial charge in [-0.05, 0) is 12.1 Å². The molecule has 8 nitrogen and oxygen atoms in total. The molecule has 0 bridgehead atoms. The number of nitrogens with zero attached hydrogens (tertiary/aromatic N) is 4. The van der Waals surface area contributed by atoms with Gasteiger partial charge in [-0.3, -0.25) is 9.59 Å². The van der Waals surface area contributed by atoms with Gasteiger partial charge in [-0.15, -0.1) is 0 Å². The van der Waals surface area contributed by atoms with E-state index in [1.54, 1.807) is 11.1 Å². The third-order valence-corrected chi connectivity index (χ3v) is 5.08. The lowest BCUT2D eigenvalue weighted by Crippen LogP contribution is -2.50. The number of aryl methyl sites for hydroxylation is 1. The number of carbonyl (C=O) groups excluding carboxylic acids is 2. The van der Waals surface area contributed by atoms with E-state index in [-0.39, 0.29) is 30.9 Å². The second-order valence-electron chi connectivity index (χ2n) is 6.76. The summed E-state index contributed by atoms with van der Waals surface area (Å²) < 4.78 is 7.41. The lowest BCUT2D eigenvalue weighted by Gasteiger charge is -2.36. The summed E-state index contributed by atoms with van der Waals surface area (Å²) in [5.74, 6) is 1.45. The molecule has 4 rings (SSSR count). The monoisotopic (exact) mass is 369 g/mol. The third-order valence-electron chi connectivity index (χ3n) is 5.08. The van der Waals surface area contributed by atoms with Crippen LogP contribution in [0.4, 0.5) is 5.69 Å². The predicted molar refractivity (Wildman–Crippen MR) is 99.4 cm³/mol. The fraction of sp³-hybridized carbons (Fsp3) is 0.421. The van der Waals surface area contributed by atoms with Crippen LogP contribution in [0.15, 0.2) is 36.7 Å². The van der Waals surface area contributed by atoms with Gasteiger partial charge < -0.3 is 24.4 Å². The van der Waals surface area contributed by atoms with Crippen LogP contribution in [0.1, 0.15) is 18.3 Å². The molecule has 2 amide bonds. The van der Waals surface area contributed by atoms with Gasteiger partial charge in [-0.2, -0.15) is 0 Å². The Kier molecular flexibility index (Phi) is 4.81.